The summed E-state index contributed by atoms with van der Waals surface area (Å²) in [6, 6.07) is 0. The molecule has 1 rings (SSSR count). The van der Waals surface area contributed by atoms with E-state index in [9.17, 15) is 9.18 Å². The zero-order valence-electron chi connectivity index (χ0n) is 7.19. The highest BCUT2D eigenvalue weighted by molar-refractivity contribution is 5.96. The minimum absolute atomic E-state index is 0.118. The van der Waals surface area contributed by atoms with Crippen LogP contribution in [0.4, 0.5) is 4.39 Å². The number of rotatable bonds is 2. The monoisotopic (exact) mass is 179 g/mol. The molecule has 1 aliphatic heterocycles. The van der Waals surface area contributed by atoms with Gasteiger partial charge < -0.3 is 5.32 Å². The molecule has 0 aliphatic carbocycles. The molecule has 1 aliphatic rings. The van der Waals surface area contributed by atoms with Crippen LogP contribution in [0.15, 0.2) is 48.5 Å². The number of hydrogen-bond acceptors (Lipinski definition) is 1. The van der Waals surface area contributed by atoms with E-state index in [-0.39, 0.29) is 11.6 Å². The van der Waals surface area contributed by atoms with E-state index in [2.05, 4.69) is 25.1 Å². The van der Waals surface area contributed by atoms with Gasteiger partial charge in [0.05, 0.1) is 5.70 Å². The predicted molar refractivity (Wildman–Crippen MR) is 49.4 cm³/mol. The van der Waals surface area contributed by atoms with E-state index in [1.807, 2.05) is 0 Å². The molecule has 0 aromatic heterocycles. The third-order valence-corrected chi connectivity index (χ3v) is 1.80. The largest absolute Gasteiger partial charge is 0.320 e. The third kappa shape index (κ3) is 1.75. The lowest BCUT2D eigenvalue weighted by Crippen LogP contribution is -2.29. The van der Waals surface area contributed by atoms with Crippen molar-refractivity contribution in [2.75, 3.05) is 0 Å². The van der Waals surface area contributed by atoms with E-state index < -0.39 is 5.83 Å². The van der Waals surface area contributed by atoms with Gasteiger partial charge in [-0.3, -0.25) is 4.79 Å². The molecule has 68 valence electrons. The number of hydrogen-bond donors (Lipinski definition) is 1. The SMILES string of the molecule is C=CC1=C(C(=C)F)NC(=O)C(=C)C1. The molecule has 0 aromatic rings. The molecule has 0 bridgehead atoms. The van der Waals surface area contributed by atoms with Gasteiger partial charge in [0, 0.05) is 12.0 Å². The van der Waals surface area contributed by atoms with Gasteiger partial charge in [0.1, 0.15) is 5.83 Å². The normalized spacial score (nSPS) is 17.0. The topological polar surface area (TPSA) is 29.1 Å². The highest BCUT2D eigenvalue weighted by Gasteiger charge is 2.20. The molecule has 0 fully saturated rings. The zero-order valence-corrected chi connectivity index (χ0v) is 7.19. The fraction of sp³-hybridized carbons (Fsp3) is 0.100. The van der Waals surface area contributed by atoms with Gasteiger partial charge in [-0.2, -0.15) is 0 Å². The van der Waals surface area contributed by atoms with Crippen LogP contribution in [0.3, 0.4) is 0 Å². The molecule has 0 radical (unpaired) electrons. The van der Waals surface area contributed by atoms with Gasteiger partial charge in [0.2, 0.25) is 0 Å². The third-order valence-electron chi connectivity index (χ3n) is 1.80. The van der Waals surface area contributed by atoms with Gasteiger partial charge in [-0.15, -0.1) is 0 Å². The van der Waals surface area contributed by atoms with Crippen molar-refractivity contribution in [3.63, 3.8) is 0 Å². The van der Waals surface area contributed by atoms with Crippen molar-refractivity contribution in [3.8, 4) is 0 Å². The maximum atomic E-state index is 12.8. The Bertz CT molecular complexity index is 339. The summed E-state index contributed by atoms with van der Waals surface area (Å²) in [5.41, 5.74) is 1.13. The van der Waals surface area contributed by atoms with Crippen LogP contribution in [0.2, 0.25) is 0 Å². The molecule has 0 atom stereocenters. The molecule has 0 spiro atoms. The van der Waals surface area contributed by atoms with Gasteiger partial charge in [-0.05, 0) is 5.57 Å². The van der Waals surface area contributed by atoms with Crippen molar-refractivity contribution in [2.45, 2.75) is 6.42 Å². The Morgan fingerprint density at radius 1 is 1.62 bits per heavy atom. The number of carbonyl (C=O) groups is 1. The molecule has 13 heavy (non-hydrogen) atoms. The standard InChI is InChI=1S/C10H10FNO/c1-4-8-5-6(2)10(13)12-9(8)7(3)11/h4H,1-3,5H2,(H,12,13). The summed E-state index contributed by atoms with van der Waals surface area (Å²) in [7, 11) is 0. The fourth-order valence-electron chi connectivity index (χ4n) is 1.10. The molecular weight excluding hydrogens is 169 g/mol. The van der Waals surface area contributed by atoms with E-state index in [0.29, 0.717) is 17.6 Å². The lowest BCUT2D eigenvalue weighted by atomic mass is 9.99. The van der Waals surface area contributed by atoms with Crippen molar-refractivity contribution >= 4 is 5.91 Å². The van der Waals surface area contributed by atoms with Gasteiger partial charge in [-0.25, -0.2) is 4.39 Å². The van der Waals surface area contributed by atoms with Gasteiger partial charge >= 0.3 is 0 Å². The Morgan fingerprint density at radius 2 is 2.23 bits per heavy atom. The molecule has 1 amide bonds. The molecule has 0 saturated carbocycles. The van der Waals surface area contributed by atoms with E-state index >= 15 is 0 Å². The smallest absolute Gasteiger partial charge is 0.251 e. The van der Waals surface area contributed by atoms with Crippen LogP contribution in [-0.4, -0.2) is 5.91 Å². The molecular formula is C10H10FNO. The summed E-state index contributed by atoms with van der Waals surface area (Å²) in [6.07, 6.45) is 1.82. The first-order valence-electron chi connectivity index (χ1n) is 3.75. The first-order valence-corrected chi connectivity index (χ1v) is 3.75. The van der Waals surface area contributed by atoms with Crippen LogP contribution in [-0.2, 0) is 4.79 Å². The summed E-state index contributed by atoms with van der Waals surface area (Å²) in [5, 5.41) is 2.36. The number of amides is 1. The van der Waals surface area contributed by atoms with E-state index in [1.165, 1.54) is 6.08 Å². The molecule has 3 heteroatoms. The first kappa shape index (κ1) is 9.45. The molecule has 1 N–H and O–H groups in total. The Hall–Kier alpha value is -1.64. The lowest BCUT2D eigenvalue weighted by molar-refractivity contribution is -0.117. The van der Waals surface area contributed by atoms with Crippen molar-refractivity contribution in [1.82, 2.24) is 5.32 Å². The van der Waals surface area contributed by atoms with Crippen molar-refractivity contribution in [1.29, 1.82) is 0 Å². The van der Waals surface area contributed by atoms with Crippen LogP contribution in [0.1, 0.15) is 6.42 Å². The summed E-state index contributed by atoms with van der Waals surface area (Å²) in [4.78, 5) is 11.1. The van der Waals surface area contributed by atoms with E-state index in [4.69, 9.17) is 0 Å². The molecule has 0 unspecified atom stereocenters. The summed E-state index contributed by atoms with van der Waals surface area (Å²) in [5.74, 6) is -1.02. The summed E-state index contributed by atoms with van der Waals surface area (Å²) in [6.45, 7) is 10.2. The average Bonchev–Trinajstić information content (AvgIpc) is 2.08. The van der Waals surface area contributed by atoms with Crippen LogP contribution < -0.4 is 5.32 Å². The van der Waals surface area contributed by atoms with E-state index in [0.717, 1.165) is 0 Å². The number of halogens is 1. The molecule has 0 saturated heterocycles. The number of allylic oxidation sites excluding steroid dienone is 3. The second-order valence-electron chi connectivity index (χ2n) is 2.74. The van der Waals surface area contributed by atoms with Crippen LogP contribution in [0.5, 0.6) is 0 Å². The van der Waals surface area contributed by atoms with Gasteiger partial charge in [0.15, 0.2) is 0 Å². The quantitative estimate of drug-likeness (QED) is 0.645. The minimum Gasteiger partial charge on any atom is -0.320 e. The zero-order chi connectivity index (χ0) is 10.0. The maximum Gasteiger partial charge on any atom is 0.251 e. The van der Waals surface area contributed by atoms with Crippen molar-refractivity contribution in [2.24, 2.45) is 0 Å². The Morgan fingerprint density at radius 3 is 2.69 bits per heavy atom. The second kappa shape index (κ2) is 3.39. The maximum absolute atomic E-state index is 12.8. The summed E-state index contributed by atoms with van der Waals surface area (Å²) >= 11 is 0. The first-order chi connectivity index (χ1) is 6.06. The highest BCUT2D eigenvalue weighted by atomic mass is 19.1. The van der Waals surface area contributed by atoms with Gasteiger partial charge in [-0.1, -0.05) is 25.8 Å². The number of carbonyl (C=O) groups excluding carboxylic acids is 1. The predicted octanol–water partition coefficient (Wildman–Crippen LogP) is 1.99. The minimum atomic E-state index is -0.657. The van der Waals surface area contributed by atoms with Crippen LogP contribution in [0.25, 0.3) is 0 Å². The number of nitrogens with one attached hydrogen (secondary N) is 1. The summed E-state index contributed by atoms with van der Waals surface area (Å²) < 4.78 is 12.8. The Kier molecular flexibility index (Phi) is 2.46. The Labute approximate surface area is 76.1 Å². The van der Waals surface area contributed by atoms with Crippen molar-refractivity contribution in [3.05, 3.63) is 48.5 Å². The lowest BCUT2D eigenvalue weighted by Gasteiger charge is -2.18. The van der Waals surface area contributed by atoms with E-state index in [1.54, 1.807) is 0 Å². The highest BCUT2D eigenvalue weighted by Crippen LogP contribution is 2.23. The van der Waals surface area contributed by atoms with Gasteiger partial charge in [0.25, 0.3) is 5.91 Å². The second-order valence-corrected chi connectivity index (χ2v) is 2.74. The molecule has 0 aromatic carbocycles. The Balaban J connectivity index is 3.12. The fourth-order valence-corrected chi connectivity index (χ4v) is 1.10. The van der Waals surface area contributed by atoms with Crippen LogP contribution in [0, 0.1) is 0 Å². The average molecular weight is 179 g/mol. The van der Waals surface area contributed by atoms with Crippen molar-refractivity contribution < 1.29 is 9.18 Å². The molecule has 2 nitrogen and oxygen atoms in total. The molecule has 1 heterocycles. The van der Waals surface area contributed by atoms with Crippen LogP contribution >= 0.6 is 0 Å².